The predicted molar refractivity (Wildman–Crippen MR) is 71.1 cm³/mol. The number of hydrogen-bond acceptors (Lipinski definition) is 3. The Morgan fingerprint density at radius 3 is 2.56 bits per heavy atom. The molecule has 88 valence electrons. The molecule has 1 aromatic rings. The SMILES string of the molecule is Cc1sc(=O)n(CC2(CC(N)=S)CC2)c1C. The van der Waals surface area contributed by atoms with Gasteiger partial charge in [-0.15, -0.1) is 0 Å². The molecule has 16 heavy (non-hydrogen) atoms. The van der Waals surface area contributed by atoms with Crippen molar-refractivity contribution in [2.24, 2.45) is 11.1 Å². The molecule has 0 aliphatic heterocycles. The molecule has 1 heterocycles. The minimum absolute atomic E-state index is 0.143. The summed E-state index contributed by atoms with van der Waals surface area (Å²) in [6, 6.07) is 0. The minimum atomic E-state index is 0.143. The molecule has 0 atom stereocenters. The summed E-state index contributed by atoms with van der Waals surface area (Å²) in [4.78, 5) is 13.6. The topological polar surface area (TPSA) is 48.0 Å². The highest BCUT2D eigenvalue weighted by atomic mass is 32.1. The van der Waals surface area contributed by atoms with Gasteiger partial charge in [0.1, 0.15) is 0 Å². The molecule has 5 heteroatoms. The Labute approximate surface area is 104 Å². The number of aryl methyl sites for hydroxylation is 1. The van der Waals surface area contributed by atoms with E-state index in [9.17, 15) is 4.79 Å². The van der Waals surface area contributed by atoms with Gasteiger partial charge in [-0.1, -0.05) is 23.6 Å². The van der Waals surface area contributed by atoms with Crippen molar-refractivity contribution < 1.29 is 0 Å². The number of aromatic nitrogens is 1. The second kappa shape index (κ2) is 3.96. The van der Waals surface area contributed by atoms with Gasteiger partial charge < -0.3 is 10.3 Å². The average Bonchev–Trinajstić information content (AvgIpc) is 2.87. The third-order valence-corrected chi connectivity index (χ3v) is 4.52. The van der Waals surface area contributed by atoms with Gasteiger partial charge in [-0.05, 0) is 32.1 Å². The molecule has 0 amide bonds. The van der Waals surface area contributed by atoms with E-state index in [1.54, 1.807) is 0 Å². The summed E-state index contributed by atoms with van der Waals surface area (Å²) in [6.45, 7) is 4.77. The van der Waals surface area contributed by atoms with E-state index in [0.29, 0.717) is 4.99 Å². The molecule has 0 bridgehead atoms. The lowest BCUT2D eigenvalue weighted by molar-refractivity contribution is 0.429. The van der Waals surface area contributed by atoms with E-state index in [4.69, 9.17) is 18.0 Å². The molecule has 1 aliphatic carbocycles. The van der Waals surface area contributed by atoms with E-state index < -0.39 is 0 Å². The first-order chi connectivity index (χ1) is 7.43. The van der Waals surface area contributed by atoms with Crippen LogP contribution >= 0.6 is 23.6 Å². The minimum Gasteiger partial charge on any atom is -0.393 e. The van der Waals surface area contributed by atoms with Gasteiger partial charge in [0, 0.05) is 23.5 Å². The van der Waals surface area contributed by atoms with Gasteiger partial charge in [0.2, 0.25) is 0 Å². The highest BCUT2D eigenvalue weighted by Gasteiger charge is 2.43. The van der Waals surface area contributed by atoms with Gasteiger partial charge in [0.05, 0.1) is 4.99 Å². The van der Waals surface area contributed by atoms with Gasteiger partial charge in [-0.2, -0.15) is 0 Å². The average molecular weight is 256 g/mol. The maximum atomic E-state index is 11.8. The summed E-state index contributed by atoms with van der Waals surface area (Å²) in [5.74, 6) is 0. The third kappa shape index (κ3) is 2.20. The fourth-order valence-corrected chi connectivity index (χ4v) is 3.18. The fourth-order valence-electron chi connectivity index (χ4n) is 2.04. The smallest absolute Gasteiger partial charge is 0.307 e. The van der Waals surface area contributed by atoms with Crippen molar-refractivity contribution in [2.75, 3.05) is 0 Å². The van der Waals surface area contributed by atoms with E-state index in [-0.39, 0.29) is 10.3 Å². The first-order valence-electron chi connectivity index (χ1n) is 5.39. The number of thiazole rings is 1. The van der Waals surface area contributed by atoms with E-state index >= 15 is 0 Å². The summed E-state index contributed by atoms with van der Waals surface area (Å²) in [5.41, 5.74) is 6.86. The summed E-state index contributed by atoms with van der Waals surface area (Å²) in [5, 5.41) is 0. The molecule has 0 unspecified atom stereocenters. The van der Waals surface area contributed by atoms with Crippen LogP contribution < -0.4 is 10.6 Å². The van der Waals surface area contributed by atoms with Crippen LogP contribution in [0.4, 0.5) is 0 Å². The van der Waals surface area contributed by atoms with Crippen molar-refractivity contribution in [2.45, 2.75) is 39.7 Å². The Morgan fingerprint density at radius 2 is 2.19 bits per heavy atom. The van der Waals surface area contributed by atoms with Crippen LogP contribution in [0.1, 0.15) is 29.8 Å². The zero-order valence-electron chi connectivity index (χ0n) is 9.58. The third-order valence-electron chi connectivity index (χ3n) is 3.38. The first kappa shape index (κ1) is 11.8. The fraction of sp³-hybridized carbons (Fsp3) is 0.636. The van der Waals surface area contributed by atoms with Crippen LogP contribution in [0.3, 0.4) is 0 Å². The Kier molecular flexibility index (Phi) is 2.92. The number of thiocarbonyl (C=S) groups is 1. The van der Waals surface area contributed by atoms with Crippen LogP contribution in [-0.4, -0.2) is 9.56 Å². The Hall–Kier alpha value is -0.680. The molecular weight excluding hydrogens is 240 g/mol. The van der Waals surface area contributed by atoms with Crippen LogP contribution in [0.2, 0.25) is 0 Å². The maximum absolute atomic E-state index is 11.8. The Bertz CT molecular complexity index is 483. The number of hydrogen-bond donors (Lipinski definition) is 1. The summed E-state index contributed by atoms with van der Waals surface area (Å²) >= 11 is 6.29. The first-order valence-corrected chi connectivity index (χ1v) is 6.61. The van der Waals surface area contributed by atoms with Crippen molar-refractivity contribution in [3.63, 3.8) is 0 Å². The van der Waals surface area contributed by atoms with Crippen LogP contribution in [0, 0.1) is 19.3 Å². The zero-order valence-corrected chi connectivity index (χ0v) is 11.2. The van der Waals surface area contributed by atoms with Crippen molar-refractivity contribution in [1.82, 2.24) is 4.57 Å². The molecule has 0 saturated heterocycles. The second-order valence-corrected chi connectivity index (χ2v) is 6.43. The van der Waals surface area contributed by atoms with Crippen LogP contribution in [-0.2, 0) is 6.54 Å². The monoisotopic (exact) mass is 256 g/mol. The molecular formula is C11H16N2OS2. The van der Waals surface area contributed by atoms with E-state index in [0.717, 1.165) is 36.4 Å². The lowest BCUT2D eigenvalue weighted by Crippen LogP contribution is -2.25. The van der Waals surface area contributed by atoms with E-state index in [2.05, 4.69) is 0 Å². The molecule has 1 saturated carbocycles. The molecule has 0 radical (unpaired) electrons. The van der Waals surface area contributed by atoms with Crippen LogP contribution in [0.5, 0.6) is 0 Å². The largest absolute Gasteiger partial charge is 0.393 e. The normalized spacial score (nSPS) is 17.4. The molecule has 0 spiro atoms. The number of nitrogens with two attached hydrogens (primary N) is 1. The molecule has 2 N–H and O–H groups in total. The predicted octanol–water partition coefficient (Wildman–Crippen LogP) is 1.98. The molecule has 0 aromatic carbocycles. The molecule has 3 nitrogen and oxygen atoms in total. The molecule has 2 rings (SSSR count). The standard InChI is InChI=1S/C11H16N2OS2/c1-7-8(2)16-10(14)13(7)6-11(3-4-11)5-9(12)15/h3-6H2,1-2H3,(H2,12,15). The van der Waals surface area contributed by atoms with Crippen LogP contribution in [0.25, 0.3) is 0 Å². The van der Waals surface area contributed by atoms with Gasteiger partial charge in [-0.25, -0.2) is 0 Å². The number of rotatable bonds is 4. The Balaban J connectivity index is 2.21. The summed E-state index contributed by atoms with van der Waals surface area (Å²) < 4.78 is 1.88. The summed E-state index contributed by atoms with van der Waals surface area (Å²) in [7, 11) is 0. The van der Waals surface area contributed by atoms with Crippen molar-refractivity contribution >= 4 is 28.5 Å². The lowest BCUT2D eigenvalue weighted by Gasteiger charge is -2.15. The van der Waals surface area contributed by atoms with Gasteiger partial charge >= 0.3 is 4.87 Å². The van der Waals surface area contributed by atoms with Crippen molar-refractivity contribution in [3.05, 3.63) is 20.2 Å². The van der Waals surface area contributed by atoms with E-state index in [1.807, 2.05) is 18.4 Å². The molecule has 1 aromatic heterocycles. The van der Waals surface area contributed by atoms with Crippen molar-refractivity contribution in [3.8, 4) is 0 Å². The molecule has 1 aliphatic rings. The van der Waals surface area contributed by atoms with Gasteiger partial charge in [0.25, 0.3) is 0 Å². The lowest BCUT2D eigenvalue weighted by atomic mass is 10.0. The van der Waals surface area contributed by atoms with Crippen molar-refractivity contribution in [1.29, 1.82) is 0 Å². The quantitative estimate of drug-likeness (QED) is 0.838. The Morgan fingerprint density at radius 1 is 1.56 bits per heavy atom. The summed E-state index contributed by atoms with van der Waals surface area (Å²) in [6.07, 6.45) is 3.03. The second-order valence-electron chi connectivity index (χ2n) is 4.74. The molecule has 1 fully saturated rings. The highest BCUT2D eigenvalue weighted by Crippen LogP contribution is 2.50. The number of nitrogens with zero attached hydrogens (tertiary/aromatic N) is 1. The van der Waals surface area contributed by atoms with Gasteiger partial charge in [0.15, 0.2) is 0 Å². The van der Waals surface area contributed by atoms with Crippen LogP contribution in [0.15, 0.2) is 4.79 Å². The zero-order chi connectivity index (χ0) is 11.9. The highest BCUT2D eigenvalue weighted by molar-refractivity contribution is 7.80. The maximum Gasteiger partial charge on any atom is 0.307 e. The van der Waals surface area contributed by atoms with Gasteiger partial charge in [-0.3, -0.25) is 4.79 Å². The van der Waals surface area contributed by atoms with E-state index in [1.165, 1.54) is 11.3 Å².